The SMILES string of the molecule is COc1ccc(S(=O)(=O)NCC(c2ccccc2)S(=O)(=O)c2cccs2)cc1. The van der Waals surface area contributed by atoms with E-state index in [-0.39, 0.29) is 15.6 Å². The highest BCUT2D eigenvalue weighted by Crippen LogP contribution is 2.31. The van der Waals surface area contributed by atoms with Crippen LogP contribution in [-0.4, -0.2) is 30.5 Å². The summed E-state index contributed by atoms with van der Waals surface area (Å²) in [5.41, 5.74) is 0.522. The van der Waals surface area contributed by atoms with E-state index in [1.54, 1.807) is 41.8 Å². The number of benzene rings is 2. The lowest BCUT2D eigenvalue weighted by atomic mass is 10.1. The van der Waals surface area contributed by atoms with Gasteiger partial charge in [0.1, 0.15) is 15.2 Å². The van der Waals surface area contributed by atoms with Gasteiger partial charge in [-0.15, -0.1) is 11.3 Å². The maximum Gasteiger partial charge on any atom is 0.240 e. The molecule has 1 aromatic heterocycles. The molecule has 0 fully saturated rings. The molecule has 0 saturated carbocycles. The highest BCUT2D eigenvalue weighted by atomic mass is 32.2. The number of hydrogen-bond donors (Lipinski definition) is 1. The Kier molecular flexibility index (Phi) is 6.19. The van der Waals surface area contributed by atoms with Crippen molar-refractivity contribution in [3.05, 3.63) is 77.7 Å². The average molecular weight is 438 g/mol. The molecule has 0 bridgehead atoms. The minimum atomic E-state index is -3.88. The highest BCUT2D eigenvalue weighted by molar-refractivity contribution is 7.93. The molecule has 1 N–H and O–H groups in total. The van der Waals surface area contributed by atoms with E-state index < -0.39 is 25.1 Å². The van der Waals surface area contributed by atoms with Crippen LogP contribution in [0.5, 0.6) is 5.75 Å². The Labute approximate surface area is 168 Å². The van der Waals surface area contributed by atoms with Crippen LogP contribution in [0.2, 0.25) is 0 Å². The molecule has 1 atom stereocenters. The molecular formula is C19H19NO5S3. The first-order chi connectivity index (χ1) is 13.3. The maximum absolute atomic E-state index is 13.1. The molecule has 28 heavy (non-hydrogen) atoms. The third-order valence-electron chi connectivity index (χ3n) is 4.15. The highest BCUT2D eigenvalue weighted by Gasteiger charge is 2.31. The van der Waals surface area contributed by atoms with E-state index in [9.17, 15) is 16.8 Å². The zero-order chi connectivity index (χ0) is 20.2. The molecule has 0 amide bonds. The second-order valence-corrected chi connectivity index (χ2v) is 11.0. The molecule has 0 radical (unpaired) electrons. The smallest absolute Gasteiger partial charge is 0.240 e. The van der Waals surface area contributed by atoms with Crippen LogP contribution in [0.3, 0.4) is 0 Å². The van der Waals surface area contributed by atoms with E-state index in [0.717, 1.165) is 11.3 Å². The van der Waals surface area contributed by atoms with Gasteiger partial charge in [-0.3, -0.25) is 0 Å². The van der Waals surface area contributed by atoms with E-state index in [1.807, 2.05) is 0 Å². The third-order valence-corrected chi connectivity index (χ3v) is 9.12. The van der Waals surface area contributed by atoms with Gasteiger partial charge >= 0.3 is 0 Å². The van der Waals surface area contributed by atoms with Gasteiger partial charge in [-0.25, -0.2) is 21.6 Å². The predicted octanol–water partition coefficient (Wildman–Crippen LogP) is 3.25. The topological polar surface area (TPSA) is 89.5 Å². The predicted molar refractivity (Wildman–Crippen MR) is 109 cm³/mol. The Morgan fingerprint density at radius 1 is 0.929 bits per heavy atom. The van der Waals surface area contributed by atoms with Gasteiger partial charge in [-0.2, -0.15) is 0 Å². The van der Waals surface area contributed by atoms with Gasteiger partial charge < -0.3 is 4.74 Å². The first kappa shape index (κ1) is 20.5. The van der Waals surface area contributed by atoms with Gasteiger partial charge in [0.05, 0.1) is 12.0 Å². The van der Waals surface area contributed by atoms with Crippen LogP contribution in [-0.2, 0) is 19.9 Å². The van der Waals surface area contributed by atoms with Gasteiger partial charge in [0, 0.05) is 6.54 Å². The third kappa shape index (κ3) is 4.44. The van der Waals surface area contributed by atoms with Crippen molar-refractivity contribution >= 4 is 31.2 Å². The van der Waals surface area contributed by atoms with Gasteiger partial charge in [-0.1, -0.05) is 36.4 Å². The summed E-state index contributed by atoms with van der Waals surface area (Å²) < 4.78 is 59.1. The van der Waals surface area contributed by atoms with Gasteiger partial charge in [0.2, 0.25) is 10.0 Å². The van der Waals surface area contributed by atoms with Crippen molar-refractivity contribution in [3.63, 3.8) is 0 Å². The Hall–Kier alpha value is -2.20. The zero-order valence-electron chi connectivity index (χ0n) is 15.0. The van der Waals surface area contributed by atoms with Gasteiger partial charge in [-0.05, 0) is 41.3 Å². The summed E-state index contributed by atoms with van der Waals surface area (Å²) in [6, 6.07) is 17.6. The average Bonchev–Trinajstić information content (AvgIpc) is 3.24. The molecule has 3 rings (SSSR count). The molecule has 1 unspecified atom stereocenters. The number of sulfone groups is 1. The quantitative estimate of drug-likeness (QED) is 0.584. The molecule has 3 aromatic rings. The molecular weight excluding hydrogens is 418 g/mol. The molecule has 1 heterocycles. The molecule has 2 aromatic carbocycles. The lowest BCUT2D eigenvalue weighted by Crippen LogP contribution is -2.31. The molecule has 0 saturated heterocycles. The molecule has 148 valence electrons. The van der Waals surface area contributed by atoms with Crippen LogP contribution in [0, 0.1) is 0 Å². The molecule has 0 aliphatic carbocycles. The van der Waals surface area contributed by atoms with E-state index >= 15 is 0 Å². The summed E-state index contributed by atoms with van der Waals surface area (Å²) in [5.74, 6) is 0.529. The van der Waals surface area contributed by atoms with E-state index in [2.05, 4.69) is 4.72 Å². The minimum Gasteiger partial charge on any atom is -0.497 e. The van der Waals surface area contributed by atoms with Crippen LogP contribution in [0.4, 0.5) is 0 Å². The van der Waals surface area contributed by atoms with Crippen molar-refractivity contribution in [1.82, 2.24) is 4.72 Å². The summed E-state index contributed by atoms with van der Waals surface area (Å²) in [7, 11) is -6.15. The lowest BCUT2D eigenvalue weighted by molar-refractivity contribution is 0.414. The summed E-state index contributed by atoms with van der Waals surface area (Å²) in [5, 5.41) is 0.636. The van der Waals surface area contributed by atoms with Crippen molar-refractivity contribution in [2.45, 2.75) is 14.4 Å². The first-order valence-corrected chi connectivity index (χ1v) is 12.2. The van der Waals surface area contributed by atoms with E-state index in [0.29, 0.717) is 11.3 Å². The number of thiophene rings is 1. The zero-order valence-corrected chi connectivity index (χ0v) is 17.4. The van der Waals surface area contributed by atoms with Gasteiger partial charge in [0.15, 0.2) is 9.84 Å². The maximum atomic E-state index is 13.1. The molecule has 0 spiro atoms. The summed E-state index contributed by atoms with van der Waals surface area (Å²) in [4.78, 5) is 0.0358. The first-order valence-electron chi connectivity index (χ1n) is 8.30. The second kappa shape index (κ2) is 8.44. The van der Waals surface area contributed by atoms with Crippen LogP contribution < -0.4 is 9.46 Å². The van der Waals surface area contributed by atoms with Crippen molar-refractivity contribution < 1.29 is 21.6 Å². The number of methoxy groups -OCH3 is 1. The Morgan fingerprint density at radius 3 is 2.18 bits per heavy atom. The minimum absolute atomic E-state index is 0.0358. The van der Waals surface area contributed by atoms with E-state index in [1.165, 1.54) is 37.4 Å². The van der Waals surface area contributed by atoms with Crippen molar-refractivity contribution in [2.24, 2.45) is 0 Å². The Balaban J connectivity index is 1.90. The van der Waals surface area contributed by atoms with Crippen LogP contribution >= 0.6 is 11.3 Å². The fourth-order valence-corrected chi connectivity index (χ4v) is 6.68. The number of nitrogens with one attached hydrogen (secondary N) is 1. The number of sulfonamides is 1. The van der Waals surface area contributed by atoms with Crippen LogP contribution in [0.15, 0.2) is 81.2 Å². The largest absolute Gasteiger partial charge is 0.497 e. The van der Waals surface area contributed by atoms with E-state index in [4.69, 9.17) is 4.74 Å². The normalized spacial score (nSPS) is 13.2. The standard InChI is InChI=1S/C19H19NO5S3/c1-25-16-9-11-17(12-10-16)28(23,24)20-14-18(15-6-3-2-4-7-15)27(21,22)19-8-5-13-26-19/h2-13,18,20H,14H2,1H3. The second-order valence-electron chi connectivity index (χ2n) is 5.90. The molecule has 9 heteroatoms. The lowest BCUT2D eigenvalue weighted by Gasteiger charge is -2.18. The number of hydrogen-bond acceptors (Lipinski definition) is 6. The van der Waals surface area contributed by atoms with Crippen LogP contribution in [0.1, 0.15) is 10.8 Å². The van der Waals surface area contributed by atoms with Gasteiger partial charge in [0.25, 0.3) is 0 Å². The monoisotopic (exact) mass is 437 g/mol. The Morgan fingerprint density at radius 2 is 1.61 bits per heavy atom. The van der Waals surface area contributed by atoms with Crippen LogP contribution in [0.25, 0.3) is 0 Å². The molecule has 0 aliphatic rings. The number of rotatable bonds is 8. The summed E-state index contributed by atoms with van der Waals surface area (Å²) in [6.45, 7) is -0.279. The molecule has 6 nitrogen and oxygen atoms in total. The van der Waals surface area contributed by atoms with Crippen molar-refractivity contribution in [2.75, 3.05) is 13.7 Å². The molecule has 0 aliphatic heterocycles. The van der Waals surface area contributed by atoms with Crippen molar-refractivity contribution in [1.29, 1.82) is 0 Å². The fourth-order valence-electron chi connectivity index (χ4n) is 2.66. The fraction of sp³-hybridized carbons (Fsp3) is 0.158. The number of ether oxygens (including phenoxy) is 1. The summed E-state index contributed by atoms with van der Waals surface area (Å²) >= 11 is 1.11. The summed E-state index contributed by atoms with van der Waals surface area (Å²) in [6.07, 6.45) is 0. The van der Waals surface area contributed by atoms with Crippen molar-refractivity contribution in [3.8, 4) is 5.75 Å². The Bertz CT molecular complexity index is 1110.